The van der Waals surface area contributed by atoms with E-state index in [2.05, 4.69) is 11.4 Å². The summed E-state index contributed by atoms with van der Waals surface area (Å²) in [6.07, 6.45) is 0. The number of nitrogens with one attached hydrogen (secondary N) is 1. The van der Waals surface area contributed by atoms with Gasteiger partial charge in [0.25, 0.3) is 0 Å². The van der Waals surface area contributed by atoms with Crippen LogP contribution in [0.1, 0.15) is 11.1 Å². The first-order chi connectivity index (χ1) is 9.13. The van der Waals surface area contributed by atoms with E-state index in [4.69, 9.17) is 15.7 Å². The van der Waals surface area contributed by atoms with Gasteiger partial charge in [-0.1, -0.05) is 6.07 Å². The third-order valence-corrected chi connectivity index (χ3v) is 2.74. The molecule has 0 fully saturated rings. The van der Waals surface area contributed by atoms with Crippen molar-refractivity contribution in [1.82, 2.24) is 0 Å². The van der Waals surface area contributed by atoms with E-state index in [1.54, 1.807) is 19.2 Å². The number of nitrogen functional groups attached to an aromatic ring is 1. The second kappa shape index (κ2) is 5.32. The lowest BCUT2D eigenvalue weighted by molar-refractivity contribution is 0.416. The summed E-state index contributed by atoms with van der Waals surface area (Å²) in [5.74, 6) is 0.624. The van der Waals surface area contributed by atoms with Gasteiger partial charge in [-0.05, 0) is 42.8 Å². The molecule has 4 heteroatoms. The molecule has 2 rings (SSSR count). The van der Waals surface area contributed by atoms with Crippen LogP contribution in [0.2, 0.25) is 0 Å². The van der Waals surface area contributed by atoms with Gasteiger partial charge in [-0.3, -0.25) is 0 Å². The lowest BCUT2D eigenvalue weighted by Gasteiger charge is -2.13. The number of aryl methyl sites for hydroxylation is 1. The van der Waals surface area contributed by atoms with Crippen molar-refractivity contribution >= 4 is 17.1 Å². The molecule has 0 saturated heterocycles. The minimum Gasteiger partial charge on any atom is -0.495 e. The van der Waals surface area contributed by atoms with Crippen molar-refractivity contribution < 1.29 is 4.74 Å². The third kappa shape index (κ3) is 2.78. The molecule has 0 aliphatic carbocycles. The first-order valence-corrected chi connectivity index (χ1v) is 5.85. The number of hydrogen-bond acceptors (Lipinski definition) is 4. The Labute approximate surface area is 112 Å². The minimum absolute atomic E-state index is 0.527. The summed E-state index contributed by atoms with van der Waals surface area (Å²) in [6.45, 7) is 1.97. The maximum Gasteiger partial charge on any atom is 0.143 e. The highest BCUT2D eigenvalue weighted by molar-refractivity contribution is 5.74. The maximum atomic E-state index is 9.16. The lowest BCUT2D eigenvalue weighted by Crippen LogP contribution is -1.98. The van der Waals surface area contributed by atoms with Crippen LogP contribution in [0.5, 0.6) is 5.75 Å². The van der Waals surface area contributed by atoms with Crippen molar-refractivity contribution in [3.05, 3.63) is 47.5 Å². The molecule has 19 heavy (non-hydrogen) atoms. The topological polar surface area (TPSA) is 71.1 Å². The molecule has 0 saturated carbocycles. The molecule has 0 atom stereocenters. The van der Waals surface area contributed by atoms with E-state index in [9.17, 15) is 0 Å². The fourth-order valence-electron chi connectivity index (χ4n) is 1.95. The SMILES string of the molecule is COc1cccc(C#N)c1Nc1cc(C)cc(N)c1. The smallest absolute Gasteiger partial charge is 0.143 e. The summed E-state index contributed by atoms with van der Waals surface area (Å²) in [4.78, 5) is 0. The van der Waals surface area contributed by atoms with Crippen LogP contribution in [0.25, 0.3) is 0 Å². The number of hydrogen-bond donors (Lipinski definition) is 2. The van der Waals surface area contributed by atoms with Gasteiger partial charge in [0.05, 0.1) is 18.4 Å². The zero-order chi connectivity index (χ0) is 13.8. The fourth-order valence-corrected chi connectivity index (χ4v) is 1.95. The molecule has 96 valence electrons. The molecule has 0 aromatic heterocycles. The fraction of sp³-hybridized carbons (Fsp3) is 0.133. The molecule has 0 bridgehead atoms. The van der Waals surface area contributed by atoms with Crippen molar-refractivity contribution in [2.45, 2.75) is 6.92 Å². The maximum absolute atomic E-state index is 9.16. The highest BCUT2D eigenvalue weighted by atomic mass is 16.5. The minimum atomic E-state index is 0.527. The van der Waals surface area contributed by atoms with Crippen LogP contribution in [-0.4, -0.2) is 7.11 Å². The zero-order valence-electron chi connectivity index (χ0n) is 10.9. The Kier molecular flexibility index (Phi) is 3.58. The largest absolute Gasteiger partial charge is 0.495 e. The number of anilines is 3. The first-order valence-electron chi connectivity index (χ1n) is 5.85. The molecule has 0 aliphatic heterocycles. The standard InChI is InChI=1S/C15H15N3O/c1-10-6-12(17)8-13(7-10)18-15-11(9-16)4-3-5-14(15)19-2/h3-8,18H,17H2,1-2H3. The Morgan fingerprint density at radius 2 is 2.05 bits per heavy atom. The first kappa shape index (κ1) is 12.8. The van der Waals surface area contributed by atoms with Crippen molar-refractivity contribution in [2.75, 3.05) is 18.2 Å². The van der Waals surface area contributed by atoms with Crippen LogP contribution < -0.4 is 15.8 Å². The van der Waals surface area contributed by atoms with Gasteiger partial charge in [-0.25, -0.2) is 0 Å². The second-order valence-corrected chi connectivity index (χ2v) is 4.25. The van der Waals surface area contributed by atoms with Crippen molar-refractivity contribution in [1.29, 1.82) is 5.26 Å². The second-order valence-electron chi connectivity index (χ2n) is 4.25. The van der Waals surface area contributed by atoms with Gasteiger partial charge in [0.15, 0.2) is 0 Å². The molecular formula is C15H15N3O. The Morgan fingerprint density at radius 3 is 2.68 bits per heavy atom. The Hall–Kier alpha value is -2.67. The van der Waals surface area contributed by atoms with E-state index in [1.165, 1.54) is 0 Å². The van der Waals surface area contributed by atoms with Crippen LogP contribution in [0, 0.1) is 18.3 Å². The number of para-hydroxylation sites is 1. The Balaban J connectivity index is 2.45. The monoisotopic (exact) mass is 253 g/mol. The molecule has 0 heterocycles. The van der Waals surface area contributed by atoms with Crippen molar-refractivity contribution in [3.63, 3.8) is 0 Å². The van der Waals surface area contributed by atoms with Crippen LogP contribution in [0.4, 0.5) is 17.1 Å². The van der Waals surface area contributed by atoms with E-state index < -0.39 is 0 Å². The van der Waals surface area contributed by atoms with Gasteiger partial charge in [0.1, 0.15) is 11.8 Å². The van der Waals surface area contributed by atoms with Crippen LogP contribution in [-0.2, 0) is 0 Å². The Morgan fingerprint density at radius 1 is 1.26 bits per heavy atom. The molecule has 0 amide bonds. The number of nitriles is 1. The van der Waals surface area contributed by atoms with Crippen LogP contribution in [0.15, 0.2) is 36.4 Å². The highest BCUT2D eigenvalue weighted by Crippen LogP contribution is 2.31. The normalized spacial score (nSPS) is 9.74. The number of ether oxygens (including phenoxy) is 1. The molecule has 4 nitrogen and oxygen atoms in total. The van der Waals surface area contributed by atoms with Gasteiger partial charge >= 0.3 is 0 Å². The Bertz CT molecular complexity index is 624. The summed E-state index contributed by atoms with van der Waals surface area (Å²) < 4.78 is 5.28. The molecule has 0 spiro atoms. The van der Waals surface area contributed by atoms with Gasteiger partial charge in [-0.15, -0.1) is 0 Å². The number of benzene rings is 2. The average Bonchev–Trinajstić information content (AvgIpc) is 2.37. The molecule has 2 aromatic carbocycles. The molecule has 0 radical (unpaired) electrons. The molecule has 3 N–H and O–H groups in total. The van der Waals surface area contributed by atoms with Gasteiger partial charge in [0.2, 0.25) is 0 Å². The summed E-state index contributed by atoms with van der Waals surface area (Å²) in [6, 6.07) is 13.1. The zero-order valence-corrected chi connectivity index (χ0v) is 10.9. The predicted molar refractivity (Wildman–Crippen MR) is 76.6 cm³/mol. The van der Waals surface area contributed by atoms with E-state index in [0.29, 0.717) is 22.7 Å². The summed E-state index contributed by atoms with van der Waals surface area (Å²) in [7, 11) is 1.58. The van der Waals surface area contributed by atoms with Gasteiger partial charge in [0, 0.05) is 11.4 Å². The summed E-state index contributed by atoms with van der Waals surface area (Å²) in [5, 5.41) is 12.4. The third-order valence-electron chi connectivity index (χ3n) is 2.74. The molecule has 2 aromatic rings. The van der Waals surface area contributed by atoms with E-state index in [1.807, 2.05) is 31.2 Å². The van der Waals surface area contributed by atoms with Crippen LogP contribution >= 0.6 is 0 Å². The van der Waals surface area contributed by atoms with Crippen molar-refractivity contribution in [3.8, 4) is 11.8 Å². The number of nitrogens with zero attached hydrogens (tertiary/aromatic N) is 1. The van der Waals surface area contributed by atoms with Crippen molar-refractivity contribution in [2.24, 2.45) is 0 Å². The van der Waals surface area contributed by atoms with Crippen LogP contribution in [0.3, 0.4) is 0 Å². The average molecular weight is 253 g/mol. The summed E-state index contributed by atoms with van der Waals surface area (Å²) >= 11 is 0. The quantitative estimate of drug-likeness (QED) is 0.824. The molecular weight excluding hydrogens is 238 g/mol. The van der Waals surface area contributed by atoms with E-state index in [-0.39, 0.29) is 0 Å². The molecule has 0 aliphatic rings. The van der Waals surface area contributed by atoms with E-state index >= 15 is 0 Å². The van der Waals surface area contributed by atoms with Gasteiger partial charge < -0.3 is 15.8 Å². The molecule has 0 unspecified atom stereocenters. The number of nitrogens with two attached hydrogens (primary N) is 1. The lowest BCUT2D eigenvalue weighted by atomic mass is 10.1. The van der Waals surface area contributed by atoms with Gasteiger partial charge in [-0.2, -0.15) is 5.26 Å². The summed E-state index contributed by atoms with van der Waals surface area (Å²) in [5.41, 5.74) is 9.56. The predicted octanol–water partition coefficient (Wildman–Crippen LogP) is 3.20. The van der Waals surface area contributed by atoms with E-state index in [0.717, 1.165) is 11.3 Å². The number of rotatable bonds is 3. The highest BCUT2D eigenvalue weighted by Gasteiger charge is 2.09. The number of methoxy groups -OCH3 is 1.